The van der Waals surface area contributed by atoms with Crippen molar-refractivity contribution in [2.24, 2.45) is 0 Å². The Bertz CT molecular complexity index is 1080. The van der Waals surface area contributed by atoms with Gasteiger partial charge in [0.2, 0.25) is 5.91 Å². The van der Waals surface area contributed by atoms with Crippen LogP contribution < -0.4 is 4.90 Å². The number of H-pyrrole nitrogens is 1. The third kappa shape index (κ3) is 4.85. The number of hydrogen-bond acceptors (Lipinski definition) is 3. The number of aryl methyl sites for hydroxylation is 1. The maximum Gasteiger partial charge on any atom is 0.261 e. The number of nitrogens with one attached hydrogen (secondary N) is 1. The smallest absolute Gasteiger partial charge is 0.261 e. The highest BCUT2D eigenvalue weighted by Gasteiger charge is 2.31. The molecule has 2 amide bonds. The topological polar surface area (TPSA) is 69.3 Å². The second-order valence-corrected chi connectivity index (χ2v) is 8.81. The normalized spacial score (nSPS) is 15.3. The summed E-state index contributed by atoms with van der Waals surface area (Å²) in [5.41, 5.74) is 4.63. The second-order valence-electron chi connectivity index (χ2n) is 8.81. The lowest BCUT2D eigenvalue weighted by Gasteiger charge is -2.34. The van der Waals surface area contributed by atoms with E-state index < -0.39 is 0 Å². The molecule has 2 aromatic carbocycles. The number of anilines is 1. The predicted octanol–water partition coefficient (Wildman–Crippen LogP) is 4.89. The summed E-state index contributed by atoms with van der Waals surface area (Å²) in [5, 5.41) is 7.29. The molecule has 2 heterocycles. The van der Waals surface area contributed by atoms with Crippen LogP contribution >= 0.6 is 0 Å². The minimum absolute atomic E-state index is 0.0426. The van der Waals surface area contributed by atoms with Crippen LogP contribution in [0.15, 0.2) is 60.8 Å². The van der Waals surface area contributed by atoms with Gasteiger partial charge >= 0.3 is 0 Å². The molecule has 1 N–H and O–H groups in total. The van der Waals surface area contributed by atoms with E-state index in [4.69, 9.17) is 0 Å². The Hall–Kier alpha value is -3.41. The summed E-state index contributed by atoms with van der Waals surface area (Å²) in [5.74, 6) is 0.147. The van der Waals surface area contributed by atoms with Gasteiger partial charge in [-0.1, -0.05) is 48.0 Å². The molecule has 0 spiro atoms. The van der Waals surface area contributed by atoms with E-state index in [-0.39, 0.29) is 23.7 Å². The Morgan fingerprint density at radius 1 is 1.09 bits per heavy atom. The Morgan fingerprint density at radius 3 is 2.39 bits per heavy atom. The zero-order chi connectivity index (χ0) is 23.4. The Labute approximate surface area is 195 Å². The second kappa shape index (κ2) is 10.0. The molecule has 1 aromatic heterocycles. The van der Waals surface area contributed by atoms with Crippen molar-refractivity contribution >= 4 is 17.5 Å². The van der Waals surface area contributed by atoms with Crippen molar-refractivity contribution in [3.63, 3.8) is 0 Å². The molecule has 6 nitrogen and oxygen atoms in total. The zero-order valence-electron chi connectivity index (χ0n) is 19.6. The Kier molecular flexibility index (Phi) is 6.92. The van der Waals surface area contributed by atoms with Crippen LogP contribution in [0.4, 0.5) is 5.69 Å². The number of hydrogen-bond donors (Lipinski definition) is 1. The summed E-state index contributed by atoms with van der Waals surface area (Å²) in [7, 11) is 0. The molecule has 4 rings (SSSR count). The third-order valence-electron chi connectivity index (χ3n) is 6.69. The SMILES string of the molecule is CCN(C(=O)c1cn[nH]c1C1CCN(C(=O)[C@@H](C)c2ccc(C)cc2)CC1)c1ccccc1. The predicted molar refractivity (Wildman–Crippen MR) is 131 cm³/mol. The molecule has 33 heavy (non-hydrogen) atoms. The highest BCUT2D eigenvalue weighted by molar-refractivity contribution is 6.06. The third-order valence-corrected chi connectivity index (χ3v) is 6.69. The first-order valence-corrected chi connectivity index (χ1v) is 11.7. The first-order chi connectivity index (χ1) is 16.0. The van der Waals surface area contributed by atoms with E-state index in [1.807, 2.05) is 61.2 Å². The van der Waals surface area contributed by atoms with E-state index in [0.29, 0.717) is 25.2 Å². The number of likely N-dealkylation sites (tertiary alicyclic amines) is 1. The number of rotatable bonds is 6. The van der Waals surface area contributed by atoms with E-state index in [1.54, 1.807) is 11.1 Å². The number of amides is 2. The van der Waals surface area contributed by atoms with Crippen LogP contribution in [0.3, 0.4) is 0 Å². The number of carbonyl (C=O) groups is 2. The van der Waals surface area contributed by atoms with Crippen LogP contribution in [-0.4, -0.2) is 46.5 Å². The van der Waals surface area contributed by atoms with Gasteiger partial charge in [-0.15, -0.1) is 0 Å². The van der Waals surface area contributed by atoms with E-state index in [2.05, 4.69) is 29.3 Å². The van der Waals surface area contributed by atoms with Gasteiger partial charge in [0.25, 0.3) is 5.91 Å². The number of benzene rings is 2. The number of aromatic nitrogens is 2. The van der Waals surface area contributed by atoms with Crippen molar-refractivity contribution < 1.29 is 9.59 Å². The minimum atomic E-state index is -0.157. The van der Waals surface area contributed by atoms with E-state index in [0.717, 1.165) is 29.8 Å². The van der Waals surface area contributed by atoms with Crippen molar-refractivity contribution in [3.05, 3.63) is 83.2 Å². The molecule has 0 radical (unpaired) electrons. The molecule has 1 saturated heterocycles. The van der Waals surface area contributed by atoms with E-state index >= 15 is 0 Å². The van der Waals surface area contributed by atoms with Crippen LogP contribution in [0.5, 0.6) is 0 Å². The molecule has 0 unspecified atom stereocenters. The molecule has 0 saturated carbocycles. The van der Waals surface area contributed by atoms with Crippen molar-refractivity contribution in [1.29, 1.82) is 0 Å². The molecule has 172 valence electrons. The molecular weight excluding hydrogens is 412 g/mol. The van der Waals surface area contributed by atoms with E-state index in [1.165, 1.54) is 5.56 Å². The van der Waals surface area contributed by atoms with Gasteiger partial charge in [-0.25, -0.2) is 0 Å². The minimum Gasteiger partial charge on any atom is -0.342 e. The number of nitrogens with zero attached hydrogens (tertiary/aromatic N) is 3. The van der Waals surface area contributed by atoms with Crippen LogP contribution in [0.2, 0.25) is 0 Å². The van der Waals surface area contributed by atoms with Crippen LogP contribution in [-0.2, 0) is 4.79 Å². The highest BCUT2D eigenvalue weighted by atomic mass is 16.2. The summed E-state index contributed by atoms with van der Waals surface area (Å²) in [6.07, 6.45) is 3.26. The molecule has 1 atom stereocenters. The average Bonchev–Trinajstić information content (AvgIpc) is 3.35. The largest absolute Gasteiger partial charge is 0.342 e. The van der Waals surface area contributed by atoms with Gasteiger partial charge in [-0.05, 0) is 51.3 Å². The standard InChI is InChI=1S/C27H32N4O2/c1-4-31(23-8-6-5-7-9-23)27(33)24-18-28-29-25(24)22-14-16-30(17-15-22)26(32)20(3)21-12-10-19(2)11-13-21/h5-13,18,20,22H,4,14-17H2,1-3H3,(H,28,29)/t20-/m0/s1. The van der Waals surface area contributed by atoms with Crippen molar-refractivity contribution in [2.75, 3.05) is 24.5 Å². The number of para-hydroxylation sites is 1. The fourth-order valence-corrected chi connectivity index (χ4v) is 4.63. The van der Waals surface area contributed by atoms with Gasteiger partial charge in [0, 0.05) is 31.2 Å². The molecule has 1 fully saturated rings. The van der Waals surface area contributed by atoms with Gasteiger partial charge in [-0.2, -0.15) is 5.10 Å². The van der Waals surface area contributed by atoms with Crippen molar-refractivity contribution in [2.45, 2.75) is 45.4 Å². The van der Waals surface area contributed by atoms with Gasteiger partial charge in [0.1, 0.15) is 0 Å². The average molecular weight is 445 g/mol. The number of piperidine rings is 1. The lowest BCUT2D eigenvalue weighted by molar-refractivity contribution is -0.133. The summed E-state index contributed by atoms with van der Waals surface area (Å²) in [6.45, 7) is 7.95. The summed E-state index contributed by atoms with van der Waals surface area (Å²) in [4.78, 5) is 30.2. The summed E-state index contributed by atoms with van der Waals surface area (Å²) < 4.78 is 0. The summed E-state index contributed by atoms with van der Waals surface area (Å²) >= 11 is 0. The monoisotopic (exact) mass is 444 g/mol. The Morgan fingerprint density at radius 2 is 1.76 bits per heavy atom. The van der Waals surface area contributed by atoms with Crippen LogP contribution in [0.25, 0.3) is 0 Å². The molecule has 6 heteroatoms. The van der Waals surface area contributed by atoms with Crippen LogP contribution in [0.1, 0.15) is 65.7 Å². The molecule has 3 aromatic rings. The molecular formula is C27H32N4O2. The van der Waals surface area contributed by atoms with Crippen molar-refractivity contribution in [3.8, 4) is 0 Å². The van der Waals surface area contributed by atoms with Gasteiger partial charge in [0.05, 0.1) is 23.4 Å². The Balaban J connectivity index is 1.43. The fraction of sp³-hybridized carbons (Fsp3) is 0.370. The quantitative estimate of drug-likeness (QED) is 0.588. The maximum absolute atomic E-state index is 13.3. The van der Waals surface area contributed by atoms with Gasteiger partial charge in [-0.3, -0.25) is 14.7 Å². The lowest BCUT2D eigenvalue weighted by Crippen LogP contribution is -2.40. The fourth-order valence-electron chi connectivity index (χ4n) is 4.63. The molecule has 0 aliphatic carbocycles. The van der Waals surface area contributed by atoms with Crippen molar-refractivity contribution in [1.82, 2.24) is 15.1 Å². The molecule has 0 bridgehead atoms. The molecule has 1 aliphatic rings. The van der Waals surface area contributed by atoms with E-state index in [9.17, 15) is 9.59 Å². The van der Waals surface area contributed by atoms with Gasteiger partial charge in [0.15, 0.2) is 0 Å². The molecule has 1 aliphatic heterocycles. The first kappa shape index (κ1) is 22.8. The number of aromatic amines is 1. The summed E-state index contributed by atoms with van der Waals surface area (Å²) in [6, 6.07) is 17.9. The lowest BCUT2D eigenvalue weighted by atomic mass is 9.90. The van der Waals surface area contributed by atoms with Crippen LogP contribution in [0, 0.1) is 6.92 Å². The maximum atomic E-state index is 13.3. The van der Waals surface area contributed by atoms with Gasteiger partial charge < -0.3 is 9.80 Å². The highest BCUT2D eigenvalue weighted by Crippen LogP contribution is 2.31. The number of carbonyl (C=O) groups excluding carboxylic acids is 2. The first-order valence-electron chi connectivity index (χ1n) is 11.7. The zero-order valence-corrected chi connectivity index (χ0v) is 19.6.